The number of carbonyl (C=O) groups is 2. The number of anilines is 3. The van der Waals surface area contributed by atoms with Gasteiger partial charge >= 0.3 is 0 Å². The molecule has 0 saturated heterocycles. The molecule has 7 nitrogen and oxygen atoms in total. The third-order valence-electron chi connectivity index (χ3n) is 3.70. The molecule has 1 unspecified atom stereocenters. The van der Waals surface area contributed by atoms with E-state index in [1.165, 1.54) is 37.3 Å². The topological polar surface area (TPSA) is 104 Å². The van der Waals surface area contributed by atoms with Crippen LogP contribution in [0, 0.1) is 5.92 Å². The molecule has 3 rings (SSSR count). The summed E-state index contributed by atoms with van der Waals surface area (Å²) in [5.41, 5.74) is 0.917. The summed E-state index contributed by atoms with van der Waals surface area (Å²) in [7, 11) is -3.87. The van der Waals surface area contributed by atoms with Crippen LogP contribution in [0.2, 0.25) is 5.02 Å². The van der Waals surface area contributed by atoms with Crippen molar-refractivity contribution in [2.24, 2.45) is 5.92 Å². The molecule has 1 aliphatic heterocycles. The van der Waals surface area contributed by atoms with Gasteiger partial charge in [0.1, 0.15) is 5.92 Å². The van der Waals surface area contributed by atoms with Gasteiger partial charge < -0.3 is 10.6 Å². The van der Waals surface area contributed by atoms with Crippen molar-refractivity contribution in [1.29, 1.82) is 0 Å². The summed E-state index contributed by atoms with van der Waals surface area (Å²) in [6.45, 7) is 1.47. The quantitative estimate of drug-likeness (QED) is 0.713. The second-order valence-electron chi connectivity index (χ2n) is 5.52. The third kappa shape index (κ3) is 3.59. The highest BCUT2D eigenvalue weighted by Gasteiger charge is 2.27. The van der Waals surface area contributed by atoms with E-state index in [2.05, 4.69) is 15.4 Å². The van der Waals surface area contributed by atoms with Gasteiger partial charge in [0.2, 0.25) is 11.8 Å². The maximum atomic E-state index is 12.5. The van der Waals surface area contributed by atoms with Gasteiger partial charge in [0.15, 0.2) is 0 Å². The Balaban J connectivity index is 1.93. The van der Waals surface area contributed by atoms with E-state index in [9.17, 15) is 18.0 Å². The van der Waals surface area contributed by atoms with Crippen molar-refractivity contribution in [1.82, 2.24) is 0 Å². The summed E-state index contributed by atoms with van der Waals surface area (Å²) in [5.74, 6) is -1.83. The van der Waals surface area contributed by atoms with Crippen LogP contribution in [0.5, 0.6) is 0 Å². The zero-order valence-corrected chi connectivity index (χ0v) is 14.6. The Morgan fingerprint density at radius 3 is 2.20 bits per heavy atom. The monoisotopic (exact) mass is 379 g/mol. The lowest BCUT2D eigenvalue weighted by Crippen LogP contribution is -2.28. The van der Waals surface area contributed by atoms with Crippen LogP contribution in [-0.2, 0) is 19.6 Å². The van der Waals surface area contributed by atoms with E-state index in [1.54, 1.807) is 12.1 Å². The van der Waals surface area contributed by atoms with Crippen molar-refractivity contribution in [3.05, 3.63) is 47.5 Å². The molecule has 0 aliphatic carbocycles. The lowest BCUT2D eigenvalue weighted by atomic mass is 10.1. The minimum atomic E-state index is -3.87. The standard InChI is InChI=1S/C16H14ClN3O4S/c1-9-15(21)18-13-7-6-12(8-14(13)19-16(9)22)25(23,24)20-11-4-2-10(17)3-5-11/h2-9,20H,1H3,(H,18,21)(H,19,22). The van der Waals surface area contributed by atoms with E-state index in [0.717, 1.165) is 0 Å². The number of hydrogen-bond donors (Lipinski definition) is 3. The summed E-state index contributed by atoms with van der Waals surface area (Å²) >= 11 is 5.78. The first kappa shape index (κ1) is 17.2. The van der Waals surface area contributed by atoms with Gasteiger partial charge in [0.25, 0.3) is 10.0 Å². The number of sulfonamides is 1. The van der Waals surface area contributed by atoms with Crippen molar-refractivity contribution in [2.45, 2.75) is 11.8 Å². The van der Waals surface area contributed by atoms with E-state index < -0.39 is 27.8 Å². The van der Waals surface area contributed by atoms with Gasteiger partial charge in [-0.3, -0.25) is 14.3 Å². The number of rotatable bonds is 3. The minimum Gasteiger partial charge on any atom is -0.324 e. The highest BCUT2D eigenvalue weighted by Crippen LogP contribution is 2.29. The van der Waals surface area contributed by atoms with Gasteiger partial charge in [-0.2, -0.15) is 0 Å². The first-order valence-electron chi connectivity index (χ1n) is 7.30. The van der Waals surface area contributed by atoms with Crippen LogP contribution in [0.3, 0.4) is 0 Å². The third-order valence-corrected chi connectivity index (χ3v) is 5.33. The molecular weight excluding hydrogens is 366 g/mol. The van der Waals surface area contributed by atoms with E-state index in [1.807, 2.05) is 0 Å². The molecular formula is C16H14ClN3O4S. The van der Waals surface area contributed by atoms with Crippen LogP contribution < -0.4 is 15.4 Å². The van der Waals surface area contributed by atoms with Crippen LogP contribution in [0.25, 0.3) is 0 Å². The predicted molar refractivity (Wildman–Crippen MR) is 95.1 cm³/mol. The smallest absolute Gasteiger partial charge is 0.261 e. The maximum Gasteiger partial charge on any atom is 0.261 e. The molecule has 0 radical (unpaired) electrons. The Labute approximate surface area is 149 Å². The molecule has 2 aromatic rings. The molecule has 2 amide bonds. The average Bonchev–Trinajstić information content (AvgIpc) is 2.67. The number of carbonyl (C=O) groups excluding carboxylic acids is 2. The van der Waals surface area contributed by atoms with E-state index >= 15 is 0 Å². The number of benzene rings is 2. The van der Waals surface area contributed by atoms with Crippen LogP contribution in [-0.4, -0.2) is 20.2 Å². The Kier molecular flexibility index (Phi) is 4.40. The van der Waals surface area contributed by atoms with Crippen LogP contribution in [0.15, 0.2) is 47.4 Å². The Morgan fingerprint density at radius 1 is 0.960 bits per heavy atom. The Hall–Kier alpha value is -2.58. The number of nitrogens with one attached hydrogen (secondary N) is 3. The van der Waals surface area contributed by atoms with Crippen molar-refractivity contribution >= 4 is 50.5 Å². The molecule has 1 heterocycles. The summed E-state index contributed by atoms with van der Waals surface area (Å²) in [5, 5.41) is 5.63. The molecule has 130 valence electrons. The fraction of sp³-hybridized carbons (Fsp3) is 0.125. The Morgan fingerprint density at radius 2 is 1.56 bits per heavy atom. The second kappa shape index (κ2) is 6.38. The SMILES string of the molecule is CC1C(=O)Nc2ccc(S(=O)(=O)Nc3ccc(Cl)cc3)cc2NC1=O. The molecule has 3 N–H and O–H groups in total. The lowest BCUT2D eigenvalue weighted by Gasteiger charge is -2.12. The summed E-state index contributed by atoms with van der Waals surface area (Å²) in [6, 6.07) is 10.3. The van der Waals surface area contributed by atoms with Gasteiger partial charge in [-0.05, 0) is 49.4 Å². The molecule has 2 aromatic carbocycles. The molecule has 9 heteroatoms. The number of halogens is 1. The van der Waals surface area contributed by atoms with Gasteiger partial charge in [0.05, 0.1) is 16.3 Å². The Bertz CT molecular complexity index is 958. The normalized spacial score (nSPS) is 17.1. The summed E-state index contributed by atoms with van der Waals surface area (Å²) in [4.78, 5) is 23.7. The molecule has 0 aromatic heterocycles. The van der Waals surface area contributed by atoms with Gasteiger partial charge in [-0.25, -0.2) is 8.42 Å². The van der Waals surface area contributed by atoms with Gasteiger partial charge in [0, 0.05) is 10.7 Å². The van der Waals surface area contributed by atoms with E-state index in [-0.39, 0.29) is 10.6 Å². The molecule has 25 heavy (non-hydrogen) atoms. The van der Waals surface area contributed by atoms with Crippen molar-refractivity contribution in [3.8, 4) is 0 Å². The number of amides is 2. The average molecular weight is 380 g/mol. The zero-order valence-electron chi connectivity index (χ0n) is 13.0. The highest BCUT2D eigenvalue weighted by atomic mass is 35.5. The van der Waals surface area contributed by atoms with Crippen LogP contribution >= 0.6 is 11.6 Å². The minimum absolute atomic E-state index is 0.0506. The van der Waals surface area contributed by atoms with Crippen molar-refractivity contribution in [3.63, 3.8) is 0 Å². The van der Waals surface area contributed by atoms with E-state index in [4.69, 9.17) is 11.6 Å². The zero-order chi connectivity index (χ0) is 18.2. The number of hydrogen-bond acceptors (Lipinski definition) is 4. The van der Waals surface area contributed by atoms with Crippen molar-refractivity contribution in [2.75, 3.05) is 15.4 Å². The maximum absolute atomic E-state index is 12.5. The fourth-order valence-corrected chi connectivity index (χ4v) is 3.45. The second-order valence-corrected chi connectivity index (χ2v) is 7.64. The van der Waals surface area contributed by atoms with Crippen LogP contribution in [0.4, 0.5) is 17.1 Å². The molecule has 0 bridgehead atoms. The van der Waals surface area contributed by atoms with Gasteiger partial charge in [-0.1, -0.05) is 11.6 Å². The largest absolute Gasteiger partial charge is 0.324 e. The van der Waals surface area contributed by atoms with Crippen LogP contribution in [0.1, 0.15) is 6.92 Å². The fourth-order valence-electron chi connectivity index (χ4n) is 2.24. The molecule has 0 saturated carbocycles. The van der Waals surface area contributed by atoms with E-state index in [0.29, 0.717) is 16.4 Å². The van der Waals surface area contributed by atoms with Gasteiger partial charge in [-0.15, -0.1) is 0 Å². The predicted octanol–water partition coefficient (Wildman–Crippen LogP) is 2.67. The molecule has 1 atom stereocenters. The molecule has 0 fully saturated rings. The molecule has 0 spiro atoms. The number of fused-ring (bicyclic) bond motifs is 1. The first-order chi connectivity index (χ1) is 11.8. The molecule has 1 aliphatic rings. The lowest BCUT2D eigenvalue weighted by molar-refractivity contribution is -0.128. The first-order valence-corrected chi connectivity index (χ1v) is 9.16. The van der Waals surface area contributed by atoms with Crippen molar-refractivity contribution < 1.29 is 18.0 Å². The highest BCUT2D eigenvalue weighted by molar-refractivity contribution is 7.92. The summed E-state index contributed by atoms with van der Waals surface area (Å²) < 4.78 is 27.5. The summed E-state index contributed by atoms with van der Waals surface area (Å²) in [6.07, 6.45) is 0.